The predicted molar refractivity (Wildman–Crippen MR) is 82.7 cm³/mol. The monoisotopic (exact) mass is 340 g/mol. The average molecular weight is 341 g/mol. The van der Waals surface area contributed by atoms with Crippen LogP contribution in [0.25, 0.3) is 11.5 Å². The van der Waals surface area contributed by atoms with Crippen molar-refractivity contribution in [2.24, 2.45) is 0 Å². The van der Waals surface area contributed by atoms with Crippen molar-refractivity contribution in [3.05, 3.63) is 29.3 Å². The minimum atomic E-state index is -0.567. The van der Waals surface area contributed by atoms with Gasteiger partial charge in [0.25, 0.3) is 5.22 Å². The van der Waals surface area contributed by atoms with Crippen molar-refractivity contribution in [1.82, 2.24) is 20.8 Å². The Morgan fingerprint density at radius 2 is 2.14 bits per heavy atom. The highest BCUT2D eigenvalue weighted by Gasteiger charge is 2.20. The molecule has 0 unspecified atom stereocenters. The van der Waals surface area contributed by atoms with Crippen LogP contribution in [0.5, 0.6) is 0 Å². The molecule has 0 aliphatic carbocycles. The number of nitrogens with zero attached hydrogens (tertiary/aromatic N) is 2. The normalized spacial score (nSPS) is 11.8. The number of amides is 3. The molecule has 2 aromatic rings. The summed E-state index contributed by atoms with van der Waals surface area (Å²) < 4.78 is 5.48. The standard InChI is InChI=1S/C13H13ClN4O3S/c1-7(10(19)16-12(20)15-2)22-13-18-17-11(21-13)8-4-3-5-9(14)6-8/h3-7H,1-2H3,(H2,15,16,19,20)/t7-/m0/s1. The molecule has 0 saturated carbocycles. The van der Waals surface area contributed by atoms with Crippen LogP contribution in [-0.4, -0.2) is 34.4 Å². The maximum Gasteiger partial charge on any atom is 0.321 e. The third-order valence-corrected chi connectivity index (χ3v) is 3.76. The number of nitrogens with one attached hydrogen (secondary N) is 2. The van der Waals surface area contributed by atoms with Crippen LogP contribution < -0.4 is 10.6 Å². The van der Waals surface area contributed by atoms with Gasteiger partial charge in [-0.2, -0.15) is 0 Å². The van der Waals surface area contributed by atoms with Crippen LogP contribution in [-0.2, 0) is 4.79 Å². The number of hydrogen-bond acceptors (Lipinski definition) is 6. The van der Waals surface area contributed by atoms with Crippen LogP contribution >= 0.6 is 23.4 Å². The number of urea groups is 1. The lowest BCUT2D eigenvalue weighted by molar-refractivity contribution is -0.119. The third-order valence-electron chi connectivity index (χ3n) is 2.59. The fourth-order valence-corrected chi connectivity index (χ4v) is 2.35. The van der Waals surface area contributed by atoms with Gasteiger partial charge in [-0.3, -0.25) is 10.1 Å². The summed E-state index contributed by atoms with van der Waals surface area (Å²) in [7, 11) is 1.43. The van der Waals surface area contributed by atoms with Crippen molar-refractivity contribution in [2.75, 3.05) is 7.05 Å². The Morgan fingerprint density at radius 3 is 2.82 bits per heavy atom. The number of carbonyl (C=O) groups is 2. The number of benzene rings is 1. The third kappa shape index (κ3) is 4.22. The molecule has 0 aliphatic heterocycles. The lowest BCUT2D eigenvalue weighted by Crippen LogP contribution is -2.41. The minimum absolute atomic E-state index is 0.231. The smallest absolute Gasteiger partial charge is 0.321 e. The van der Waals surface area contributed by atoms with E-state index in [1.54, 1.807) is 31.2 Å². The van der Waals surface area contributed by atoms with Gasteiger partial charge in [0, 0.05) is 17.6 Å². The lowest BCUT2D eigenvalue weighted by atomic mass is 10.2. The van der Waals surface area contributed by atoms with Crippen LogP contribution in [0.1, 0.15) is 6.92 Å². The molecule has 2 rings (SSSR count). The van der Waals surface area contributed by atoms with Gasteiger partial charge >= 0.3 is 6.03 Å². The van der Waals surface area contributed by atoms with Gasteiger partial charge in [-0.05, 0) is 25.1 Å². The number of carbonyl (C=O) groups excluding carboxylic acids is 2. The Kier molecular flexibility index (Phi) is 5.40. The van der Waals surface area contributed by atoms with Gasteiger partial charge in [-0.15, -0.1) is 10.2 Å². The highest BCUT2D eigenvalue weighted by molar-refractivity contribution is 8.00. The van der Waals surface area contributed by atoms with Crippen LogP contribution in [0.2, 0.25) is 5.02 Å². The van der Waals surface area contributed by atoms with Crippen LogP contribution in [0.15, 0.2) is 33.9 Å². The zero-order valence-electron chi connectivity index (χ0n) is 11.8. The van der Waals surface area contributed by atoms with Crippen molar-refractivity contribution < 1.29 is 14.0 Å². The summed E-state index contributed by atoms with van der Waals surface area (Å²) in [4.78, 5) is 22.8. The molecule has 7 nitrogen and oxygen atoms in total. The number of halogens is 1. The van der Waals surface area contributed by atoms with Gasteiger partial charge in [0.2, 0.25) is 11.8 Å². The molecule has 0 aliphatic rings. The largest absolute Gasteiger partial charge is 0.411 e. The average Bonchev–Trinajstić information content (AvgIpc) is 2.95. The van der Waals surface area contributed by atoms with Gasteiger partial charge in [0.15, 0.2) is 0 Å². The lowest BCUT2D eigenvalue weighted by Gasteiger charge is -2.07. The number of imide groups is 1. The number of hydrogen-bond donors (Lipinski definition) is 2. The molecule has 1 aromatic heterocycles. The van der Waals surface area contributed by atoms with Crippen molar-refractivity contribution >= 4 is 35.3 Å². The van der Waals surface area contributed by atoms with Crippen LogP contribution in [0, 0.1) is 0 Å². The highest BCUT2D eigenvalue weighted by Crippen LogP contribution is 2.27. The second kappa shape index (κ2) is 7.28. The van der Waals surface area contributed by atoms with E-state index in [2.05, 4.69) is 20.8 Å². The second-order valence-corrected chi connectivity index (χ2v) is 5.94. The van der Waals surface area contributed by atoms with E-state index in [1.807, 2.05) is 0 Å². The number of aromatic nitrogens is 2. The molecule has 0 bridgehead atoms. The molecule has 116 valence electrons. The van der Waals surface area contributed by atoms with E-state index >= 15 is 0 Å². The molecule has 9 heteroatoms. The summed E-state index contributed by atoms with van der Waals surface area (Å²) >= 11 is 6.96. The van der Waals surface area contributed by atoms with Gasteiger partial charge in [-0.1, -0.05) is 29.4 Å². The summed E-state index contributed by atoms with van der Waals surface area (Å²) in [6, 6.07) is 6.43. The molecule has 1 atom stereocenters. The maximum atomic E-state index is 11.7. The Bertz CT molecular complexity index is 691. The van der Waals surface area contributed by atoms with Crippen molar-refractivity contribution in [3.63, 3.8) is 0 Å². The van der Waals surface area contributed by atoms with E-state index in [0.29, 0.717) is 16.5 Å². The molecule has 3 amide bonds. The predicted octanol–water partition coefficient (Wildman–Crippen LogP) is 2.33. The molecule has 0 saturated heterocycles. The van der Waals surface area contributed by atoms with Crippen molar-refractivity contribution in [1.29, 1.82) is 0 Å². The van der Waals surface area contributed by atoms with Gasteiger partial charge in [-0.25, -0.2) is 4.79 Å². The number of thioether (sulfide) groups is 1. The molecule has 0 spiro atoms. The van der Waals surface area contributed by atoms with E-state index < -0.39 is 17.2 Å². The molecule has 2 N–H and O–H groups in total. The topological polar surface area (TPSA) is 97.1 Å². The first-order valence-electron chi connectivity index (χ1n) is 6.28. The fourth-order valence-electron chi connectivity index (χ4n) is 1.48. The minimum Gasteiger partial charge on any atom is -0.411 e. The Balaban J connectivity index is 2.03. The van der Waals surface area contributed by atoms with E-state index in [0.717, 1.165) is 11.8 Å². The van der Waals surface area contributed by atoms with E-state index in [1.165, 1.54) is 7.05 Å². The second-order valence-electron chi connectivity index (χ2n) is 4.21. The first-order chi connectivity index (χ1) is 10.5. The molecule has 1 aromatic carbocycles. The van der Waals surface area contributed by atoms with E-state index in [9.17, 15) is 9.59 Å². The Hall–Kier alpha value is -2.06. The summed E-state index contributed by atoms with van der Waals surface area (Å²) in [6.45, 7) is 1.63. The molecule has 0 fully saturated rings. The summed E-state index contributed by atoms with van der Waals surface area (Å²) in [5, 5.41) is 12.5. The Labute approximate surface area is 135 Å². The van der Waals surface area contributed by atoms with Crippen molar-refractivity contribution in [3.8, 4) is 11.5 Å². The first kappa shape index (κ1) is 16.3. The summed E-state index contributed by atoms with van der Waals surface area (Å²) in [5.41, 5.74) is 0.689. The van der Waals surface area contributed by atoms with Gasteiger partial charge in [0.05, 0.1) is 5.25 Å². The fraction of sp³-hybridized carbons (Fsp3) is 0.231. The zero-order chi connectivity index (χ0) is 16.1. The Morgan fingerprint density at radius 1 is 1.36 bits per heavy atom. The van der Waals surface area contributed by atoms with E-state index in [-0.39, 0.29) is 5.22 Å². The quantitative estimate of drug-likeness (QED) is 0.829. The maximum absolute atomic E-state index is 11.7. The van der Waals surface area contributed by atoms with Gasteiger partial charge < -0.3 is 9.73 Å². The highest BCUT2D eigenvalue weighted by atomic mass is 35.5. The summed E-state index contributed by atoms with van der Waals surface area (Å²) in [6.07, 6.45) is 0. The SMILES string of the molecule is CNC(=O)NC(=O)[C@H](C)Sc1nnc(-c2cccc(Cl)c2)o1. The molecular formula is C13H13ClN4O3S. The molecule has 22 heavy (non-hydrogen) atoms. The molecule has 0 radical (unpaired) electrons. The zero-order valence-corrected chi connectivity index (χ0v) is 13.4. The molecular weight excluding hydrogens is 328 g/mol. The van der Waals surface area contributed by atoms with Crippen LogP contribution in [0.4, 0.5) is 4.79 Å². The van der Waals surface area contributed by atoms with Gasteiger partial charge in [0.1, 0.15) is 0 Å². The first-order valence-corrected chi connectivity index (χ1v) is 7.54. The summed E-state index contributed by atoms with van der Waals surface area (Å²) in [5.74, 6) is -0.143. The molecule has 1 heterocycles. The van der Waals surface area contributed by atoms with Crippen molar-refractivity contribution in [2.45, 2.75) is 17.4 Å². The van der Waals surface area contributed by atoms with E-state index in [4.69, 9.17) is 16.0 Å². The number of rotatable bonds is 4. The van der Waals surface area contributed by atoms with Crippen LogP contribution in [0.3, 0.4) is 0 Å².